The molecule has 19 heavy (non-hydrogen) atoms. The highest BCUT2D eigenvalue weighted by molar-refractivity contribution is 5.32. The molecule has 0 amide bonds. The standard InChI is InChI=1S/C16H26FNO/c1-5-8-14(18-7-3)15(6-2)19-16-10-9-13(17)11-12(16)4/h9-11,14-15,18H,5-8H2,1-4H3. The fourth-order valence-corrected chi connectivity index (χ4v) is 2.35. The van der Waals surface area contributed by atoms with Gasteiger partial charge in [-0.3, -0.25) is 0 Å². The zero-order valence-corrected chi connectivity index (χ0v) is 12.5. The summed E-state index contributed by atoms with van der Waals surface area (Å²) < 4.78 is 19.2. The Hall–Kier alpha value is -1.09. The van der Waals surface area contributed by atoms with E-state index in [1.54, 1.807) is 6.07 Å². The van der Waals surface area contributed by atoms with Crippen molar-refractivity contribution in [3.8, 4) is 5.75 Å². The van der Waals surface area contributed by atoms with Crippen LogP contribution in [0.4, 0.5) is 4.39 Å². The van der Waals surface area contributed by atoms with Crippen LogP contribution in [0.5, 0.6) is 5.75 Å². The Labute approximate surface area is 116 Å². The van der Waals surface area contributed by atoms with E-state index in [9.17, 15) is 4.39 Å². The molecule has 0 saturated heterocycles. The van der Waals surface area contributed by atoms with Crippen LogP contribution in [0.2, 0.25) is 0 Å². The first-order chi connectivity index (χ1) is 9.12. The zero-order chi connectivity index (χ0) is 14.3. The molecular weight excluding hydrogens is 241 g/mol. The maximum atomic E-state index is 13.1. The number of benzene rings is 1. The van der Waals surface area contributed by atoms with Gasteiger partial charge in [0.2, 0.25) is 0 Å². The van der Waals surface area contributed by atoms with Gasteiger partial charge in [-0.1, -0.05) is 27.2 Å². The SMILES string of the molecule is CCCC(NCC)C(CC)Oc1ccc(F)cc1C. The summed E-state index contributed by atoms with van der Waals surface area (Å²) in [6, 6.07) is 5.05. The van der Waals surface area contributed by atoms with Gasteiger partial charge in [-0.15, -0.1) is 0 Å². The lowest BCUT2D eigenvalue weighted by atomic mass is 10.0. The maximum absolute atomic E-state index is 13.1. The molecule has 3 heteroatoms. The van der Waals surface area contributed by atoms with Crippen LogP contribution in [-0.4, -0.2) is 18.7 Å². The first-order valence-corrected chi connectivity index (χ1v) is 7.28. The van der Waals surface area contributed by atoms with Gasteiger partial charge in [-0.2, -0.15) is 0 Å². The minimum absolute atomic E-state index is 0.129. The van der Waals surface area contributed by atoms with E-state index in [2.05, 4.69) is 26.1 Å². The summed E-state index contributed by atoms with van der Waals surface area (Å²) in [5.41, 5.74) is 0.852. The molecule has 0 radical (unpaired) electrons. The molecule has 0 aromatic heterocycles. The summed E-state index contributed by atoms with van der Waals surface area (Å²) >= 11 is 0. The third-order valence-electron chi connectivity index (χ3n) is 3.33. The van der Waals surface area contributed by atoms with Gasteiger partial charge in [-0.05, 0) is 50.1 Å². The topological polar surface area (TPSA) is 21.3 Å². The van der Waals surface area contributed by atoms with Crippen molar-refractivity contribution >= 4 is 0 Å². The first-order valence-electron chi connectivity index (χ1n) is 7.28. The molecular formula is C16H26FNO. The molecule has 0 heterocycles. The van der Waals surface area contributed by atoms with Crippen molar-refractivity contribution in [2.24, 2.45) is 0 Å². The zero-order valence-electron chi connectivity index (χ0n) is 12.5. The molecule has 1 N–H and O–H groups in total. The number of hydrogen-bond donors (Lipinski definition) is 1. The van der Waals surface area contributed by atoms with Crippen molar-refractivity contribution in [3.63, 3.8) is 0 Å². The fourth-order valence-electron chi connectivity index (χ4n) is 2.35. The average molecular weight is 267 g/mol. The quantitative estimate of drug-likeness (QED) is 0.766. The molecule has 2 atom stereocenters. The molecule has 0 fully saturated rings. The van der Waals surface area contributed by atoms with Crippen LogP contribution in [0.25, 0.3) is 0 Å². The van der Waals surface area contributed by atoms with E-state index in [1.165, 1.54) is 12.1 Å². The van der Waals surface area contributed by atoms with Gasteiger partial charge in [0.05, 0.1) is 0 Å². The van der Waals surface area contributed by atoms with Gasteiger partial charge in [0, 0.05) is 6.04 Å². The van der Waals surface area contributed by atoms with Gasteiger partial charge in [-0.25, -0.2) is 4.39 Å². The molecule has 1 aromatic carbocycles. The molecule has 1 aromatic rings. The van der Waals surface area contributed by atoms with E-state index in [0.717, 1.165) is 37.1 Å². The Morgan fingerprint density at radius 3 is 2.53 bits per heavy atom. The Bertz CT molecular complexity index is 375. The summed E-state index contributed by atoms with van der Waals surface area (Å²) in [7, 11) is 0. The molecule has 108 valence electrons. The highest BCUT2D eigenvalue weighted by Gasteiger charge is 2.20. The summed E-state index contributed by atoms with van der Waals surface area (Å²) in [6.45, 7) is 9.24. The van der Waals surface area contributed by atoms with Gasteiger partial charge >= 0.3 is 0 Å². The minimum atomic E-state index is -0.213. The molecule has 0 bridgehead atoms. The van der Waals surface area contributed by atoms with E-state index in [0.29, 0.717) is 6.04 Å². The number of halogens is 1. The van der Waals surface area contributed by atoms with Crippen LogP contribution in [0, 0.1) is 12.7 Å². The number of likely N-dealkylation sites (N-methyl/N-ethyl adjacent to an activating group) is 1. The lowest BCUT2D eigenvalue weighted by Gasteiger charge is -2.28. The second-order valence-corrected chi connectivity index (χ2v) is 4.93. The Morgan fingerprint density at radius 1 is 1.26 bits per heavy atom. The second-order valence-electron chi connectivity index (χ2n) is 4.93. The van der Waals surface area contributed by atoms with Crippen molar-refractivity contribution in [3.05, 3.63) is 29.6 Å². The number of aryl methyl sites for hydroxylation is 1. The first kappa shape index (κ1) is 16.0. The van der Waals surface area contributed by atoms with E-state index in [1.807, 2.05) is 6.92 Å². The highest BCUT2D eigenvalue weighted by atomic mass is 19.1. The molecule has 1 rings (SSSR count). The summed E-state index contributed by atoms with van der Waals surface area (Å²) in [5.74, 6) is 0.571. The van der Waals surface area contributed by atoms with Crippen LogP contribution in [0.1, 0.15) is 45.6 Å². The maximum Gasteiger partial charge on any atom is 0.123 e. The summed E-state index contributed by atoms with van der Waals surface area (Å²) in [5, 5.41) is 3.49. The highest BCUT2D eigenvalue weighted by Crippen LogP contribution is 2.22. The predicted molar refractivity (Wildman–Crippen MR) is 78.2 cm³/mol. The van der Waals surface area contributed by atoms with Crippen LogP contribution >= 0.6 is 0 Å². The molecule has 0 aliphatic rings. The molecule has 0 aliphatic carbocycles. The molecule has 2 nitrogen and oxygen atoms in total. The number of hydrogen-bond acceptors (Lipinski definition) is 2. The van der Waals surface area contributed by atoms with Crippen LogP contribution in [-0.2, 0) is 0 Å². The van der Waals surface area contributed by atoms with Crippen molar-refractivity contribution in [1.82, 2.24) is 5.32 Å². The van der Waals surface area contributed by atoms with Gasteiger partial charge in [0.25, 0.3) is 0 Å². The van der Waals surface area contributed by atoms with Crippen LogP contribution < -0.4 is 10.1 Å². The van der Waals surface area contributed by atoms with Crippen molar-refractivity contribution in [2.45, 2.75) is 59.1 Å². The molecule has 0 spiro atoms. The normalized spacial score (nSPS) is 14.2. The Morgan fingerprint density at radius 2 is 2.00 bits per heavy atom. The minimum Gasteiger partial charge on any atom is -0.489 e. The number of ether oxygens (including phenoxy) is 1. The number of rotatable bonds is 8. The third-order valence-corrected chi connectivity index (χ3v) is 3.33. The van der Waals surface area contributed by atoms with E-state index < -0.39 is 0 Å². The van der Waals surface area contributed by atoms with Crippen molar-refractivity contribution in [1.29, 1.82) is 0 Å². The van der Waals surface area contributed by atoms with E-state index in [-0.39, 0.29) is 11.9 Å². The van der Waals surface area contributed by atoms with Gasteiger partial charge in [0.1, 0.15) is 17.7 Å². The Kier molecular flexibility index (Phi) is 6.85. The van der Waals surface area contributed by atoms with E-state index in [4.69, 9.17) is 4.74 Å². The predicted octanol–water partition coefficient (Wildman–Crippen LogP) is 4.07. The summed E-state index contributed by atoms with van der Waals surface area (Å²) in [6.07, 6.45) is 3.28. The second kappa shape index (κ2) is 8.16. The average Bonchev–Trinajstić information content (AvgIpc) is 2.38. The molecule has 2 unspecified atom stereocenters. The fraction of sp³-hybridized carbons (Fsp3) is 0.625. The van der Waals surface area contributed by atoms with Gasteiger partial charge < -0.3 is 10.1 Å². The Balaban J connectivity index is 2.78. The monoisotopic (exact) mass is 267 g/mol. The summed E-state index contributed by atoms with van der Waals surface area (Å²) in [4.78, 5) is 0. The van der Waals surface area contributed by atoms with Crippen LogP contribution in [0.3, 0.4) is 0 Å². The smallest absolute Gasteiger partial charge is 0.123 e. The lowest BCUT2D eigenvalue weighted by molar-refractivity contribution is 0.142. The third kappa shape index (κ3) is 4.83. The van der Waals surface area contributed by atoms with Crippen LogP contribution in [0.15, 0.2) is 18.2 Å². The molecule has 0 aliphatic heterocycles. The van der Waals surface area contributed by atoms with Crippen molar-refractivity contribution in [2.75, 3.05) is 6.54 Å². The largest absolute Gasteiger partial charge is 0.489 e. The molecule has 0 saturated carbocycles. The van der Waals surface area contributed by atoms with E-state index >= 15 is 0 Å². The number of nitrogens with one attached hydrogen (secondary N) is 1. The van der Waals surface area contributed by atoms with Gasteiger partial charge in [0.15, 0.2) is 0 Å². The van der Waals surface area contributed by atoms with Crippen molar-refractivity contribution < 1.29 is 9.13 Å². The lowest BCUT2D eigenvalue weighted by Crippen LogP contribution is -2.42.